The minimum atomic E-state index is -1.44. The average molecular weight is 208 g/mol. The summed E-state index contributed by atoms with van der Waals surface area (Å²) >= 11 is 0. The zero-order chi connectivity index (χ0) is 11.6. The van der Waals surface area contributed by atoms with Crippen LogP contribution in [0.15, 0.2) is 24.3 Å². The molecule has 0 spiro atoms. The van der Waals surface area contributed by atoms with Crippen LogP contribution in [-0.4, -0.2) is 16.2 Å². The molecule has 0 aliphatic heterocycles. The Labute approximate surface area is 89.4 Å². The van der Waals surface area contributed by atoms with Gasteiger partial charge in [0.15, 0.2) is 6.10 Å². The number of rotatable bonds is 2. The highest BCUT2D eigenvalue weighted by molar-refractivity contribution is 5.74. The highest BCUT2D eigenvalue weighted by Gasteiger charge is 2.19. The number of benzene rings is 1. The van der Waals surface area contributed by atoms with Crippen molar-refractivity contribution in [3.05, 3.63) is 35.4 Å². The van der Waals surface area contributed by atoms with Crippen molar-refractivity contribution in [1.82, 2.24) is 0 Å². The Kier molecular flexibility index (Phi) is 3.15. The number of aliphatic hydroxyl groups is 1. The van der Waals surface area contributed by atoms with Crippen LogP contribution in [0, 0.1) is 0 Å². The summed E-state index contributed by atoms with van der Waals surface area (Å²) in [6, 6.07) is 7.05. The van der Waals surface area contributed by atoms with E-state index in [9.17, 15) is 9.90 Å². The van der Waals surface area contributed by atoms with Crippen LogP contribution in [-0.2, 0) is 10.2 Å². The first-order chi connectivity index (χ1) is 6.82. The summed E-state index contributed by atoms with van der Waals surface area (Å²) in [6.07, 6.45) is -1.44. The minimum absolute atomic E-state index is 0.0474. The van der Waals surface area contributed by atoms with E-state index in [4.69, 9.17) is 5.11 Å². The third kappa shape index (κ3) is 2.80. The molecule has 0 fully saturated rings. The van der Waals surface area contributed by atoms with E-state index >= 15 is 0 Å². The van der Waals surface area contributed by atoms with Crippen LogP contribution in [0.25, 0.3) is 0 Å². The number of hydrogen-bond acceptors (Lipinski definition) is 2. The van der Waals surface area contributed by atoms with E-state index in [0.29, 0.717) is 5.56 Å². The van der Waals surface area contributed by atoms with Gasteiger partial charge in [-0.15, -0.1) is 0 Å². The van der Waals surface area contributed by atoms with Gasteiger partial charge in [-0.05, 0) is 16.5 Å². The van der Waals surface area contributed by atoms with Crippen molar-refractivity contribution in [2.24, 2.45) is 0 Å². The molecule has 0 saturated heterocycles. The van der Waals surface area contributed by atoms with Crippen molar-refractivity contribution in [3.8, 4) is 0 Å². The van der Waals surface area contributed by atoms with E-state index in [-0.39, 0.29) is 5.41 Å². The monoisotopic (exact) mass is 208 g/mol. The van der Waals surface area contributed by atoms with Crippen LogP contribution >= 0.6 is 0 Å². The van der Waals surface area contributed by atoms with Crippen LogP contribution < -0.4 is 0 Å². The minimum Gasteiger partial charge on any atom is -0.479 e. The Morgan fingerprint density at radius 2 is 1.93 bits per heavy atom. The van der Waals surface area contributed by atoms with Crippen LogP contribution in [0.3, 0.4) is 0 Å². The molecule has 1 aromatic carbocycles. The molecule has 82 valence electrons. The summed E-state index contributed by atoms with van der Waals surface area (Å²) in [4.78, 5) is 10.6. The summed E-state index contributed by atoms with van der Waals surface area (Å²) in [5.41, 5.74) is 1.39. The molecule has 1 unspecified atom stereocenters. The highest BCUT2D eigenvalue weighted by Crippen LogP contribution is 2.25. The van der Waals surface area contributed by atoms with Crippen molar-refractivity contribution in [2.75, 3.05) is 0 Å². The third-order valence-corrected chi connectivity index (χ3v) is 2.30. The van der Waals surface area contributed by atoms with Gasteiger partial charge in [-0.3, -0.25) is 0 Å². The first-order valence-electron chi connectivity index (χ1n) is 4.83. The van der Waals surface area contributed by atoms with E-state index in [1.54, 1.807) is 18.2 Å². The zero-order valence-corrected chi connectivity index (χ0v) is 9.19. The van der Waals surface area contributed by atoms with Gasteiger partial charge in [0, 0.05) is 0 Å². The van der Waals surface area contributed by atoms with Crippen LogP contribution in [0.4, 0.5) is 0 Å². The second-order valence-corrected chi connectivity index (χ2v) is 4.62. The van der Waals surface area contributed by atoms with Crippen molar-refractivity contribution >= 4 is 5.97 Å². The van der Waals surface area contributed by atoms with Crippen molar-refractivity contribution < 1.29 is 15.0 Å². The molecule has 0 heterocycles. The number of carboxylic acid groups (broad SMARTS) is 1. The quantitative estimate of drug-likeness (QED) is 0.782. The van der Waals surface area contributed by atoms with Gasteiger partial charge in [0.1, 0.15) is 0 Å². The number of carboxylic acids is 1. The Morgan fingerprint density at radius 3 is 2.40 bits per heavy atom. The number of aliphatic carboxylic acids is 1. The maximum absolute atomic E-state index is 10.6. The summed E-state index contributed by atoms with van der Waals surface area (Å²) in [5.74, 6) is -1.22. The molecule has 1 aromatic rings. The first kappa shape index (κ1) is 11.7. The molecule has 0 aromatic heterocycles. The predicted octanol–water partition coefficient (Wildman–Crippen LogP) is 2.10. The van der Waals surface area contributed by atoms with Crippen molar-refractivity contribution in [2.45, 2.75) is 32.3 Å². The molecule has 0 bridgehead atoms. The van der Waals surface area contributed by atoms with Gasteiger partial charge in [0.05, 0.1) is 0 Å². The van der Waals surface area contributed by atoms with Gasteiger partial charge >= 0.3 is 5.97 Å². The SMILES string of the molecule is CC(C)(C)c1cccc(C(O)C(=O)O)c1. The number of hydrogen-bond donors (Lipinski definition) is 2. The van der Waals surface area contributed by atoms with Gasteiger partial charge in [0.25, 0.3) is 0 Å². The molecule has 3 nitrogen and oxygen atoms in total. The van der Waals surface area contributed by atoms with Crippen molar-refractivity contribution in [1.29, 1.82) is 0 Å². The van der Waals surface area contributed by atoms with E-state index in [2.05, 4.69) is 0 Å². The Balaban J connectivity index is 3.08. The lowest BCUT2D eigenvalue weighted by Gasteiger charge is -2.20. The van der Waals surface area contributed by atoms with Crippen LogP contribution in [0.2, 0.25) is 0 Å². The number of aliphatic hydroxyl groups excluding tert-OH is 1. The van der Waals surface area contributed by atoms with Gasteiger partial charge in [0.2, 0.25) is 0 Å². The maximum atomic E-state index is 10.6. The molecular formula is C12H16O3. The maximum Gasteiger partial charge on any atom is 0.337 e. The third-order valence-electron chi connectivity index (χ3n) is 2.30. The Hall–Kier alpha value is -1.35. The van der Waals surface area contributed by atoms with Crippen LogP contribution in [0.5, 0.6) is 0 Å². The molecule has 1 rings (SSSR count). The standard InChI is InChI=1S/C12H16O3/c1-12(2,3)9-6-4-5-8(7-9)10(13)11(14)15/h4-7,10,13H,1-3H3,(H,14,15). The fraction of sp³-hybridized carbons (Fsp3) is 0.417. The summed E-state index contributed by atoms with van der Waals surface area (Å²) in [7, 11) is 0. The van der Waals surface area contributed by atoms with Crippen LogP contribution in [0.1, 0.15) is 38.0 Å². The lowest BCUT2D eigenvalue weighted by Crippen LogP contribution is -2.14. The summed E-state index contributed by atoms with van der Waals surface area (Å²) < 4.78 is 0. The van der Waals surface area contributed by atoms with E-state index < -0.39 is 12.1 Å². The molecule has 0 aliphatic carbocycles. The normalized spacial score (nSPS) is 13.6. The molecular weight excluding hydrogens is 192 g/mol. The fourth-order valence-corrected chi connectivity index (χ4v) is 1.32. The first-order valence-corrected chi connectivity index (χ1v) is 4.83. The Bertz CT molecular complexity index is 363. The van der Waals surface area contributed by atoms with E-state index in [0.717, 1.165) is 5.56 Å². The second-order valence-electron chi connectivity index (χ2n) is 4.62. The predicted molar refractivity (Wildman–Crippen MR) is 57.7 cm³/mol. The Morgan fingerprint density at radius 1 is 1.33 bits per heavy atom. The molecule has 2 N–H and O–H groups in total. The molecule has 0 saturated carbocycles. The molecule has 3 heteroatoms. The number of carbonyl (C=O) groups is 1. The lowest BCUT2D eigenvalue weighted by atomic mass is 9.86. The summed E-state index contributed by atoms with van der Waals surface area (Å²) in [5, 5.41) is 18.1. The molecule has 0 aliphatic rings. The molecule has 1 atom stereocenters. The lowest BCUT2D eigenvalue weighted by molar-refractivity contribution is -0.146. The average Bonchev–Trinajstić information content (AvgIpc) is 2.15. The van der Waals surface area contributed by atoms with E-state index in [1.807, 2.05) is 26.8 Å². The smallest absolute Gasteiger partial charge is 0.337 e. The topological polar surface area (TPSA) is 57.5 Å². The van der Waals surface area contributed by atoms with E-state index in [1.165, 1.54) is 0 Å². The molecule has 15 heavy (non-hydrogen) atoms. The van der Waals surface area contributed by atoms with Crippen molar-refractivity contribution in [3.63, 3.8) is 0 Å². The zero-order valence-electron chi connectivity index (χ0n) is 9.19. The molecule has 0 radical (unpaired) electrons. The second kappa shape index (κ2) is 4.03. The summed E-state index contributed by atoms with van der Waals surface area (Å²) in [6.45, 7) is 6.12. The highest BCUT2D eigenvalue weighted by atomic mass is 16.4. The van der Waals surface area contributed by atoms with Gasteiger partial charge in [-0.2, -0.15) is 0 Å². The van der Waals surface area contributed by atoms with Gasteiger partial charge in [-0.25, -0.2) is 4.79 Å². The molecule has 0 amide bonds. The largest absolute Gasteiger partial charge is 0.479 e. The van der Waals surface area contributed by atoms with Gasteiger partial charge < -0.3 is 10.2 Å². The fourth-order valence-electron chi connectivity index (χ4n) is 1.32. The van der Waals surface area contributed by atoms with Gasteiger partial charge in [-0.1, -0.05) is 45.0 Å².